The Hall–Kier alpha value is -0.930. The highest BCUT2D eigenvalue weighted by Gasteiger charge is 2.19. The molecule has 0 spiro atoms. The zero-order valence-electron chi connectivity index (χ0n) is 9.86. The fourth-order valence-corrected chi connectivity index (χ4v) is 2.34. The molecule has 1 aliphatic heterocycles. The lowest BCUT2D eigenvalue weighted by molar-refractivity contribution is 0.0617. The molecule has 1 unspecified atom stereocenters. The third-order valence-electron chi connectivity index (χ3n) is 3.33. The molecule has 2 heterocycles. The molecule has 2 rings (SSSR count). The fourth-order valence-electron chi connectivity index (χ4n) is 2.34. The Morgan fingerprint density at radius 1 is 1.50 bits per heavy atom. The van der Waals surface area contributed by atoms with Gasteiger partial charge in [-0.3, -0.25) is 4.98 Å². The monoisotopic (exact) mass is 220 g/mol. The molecule has 88 valence electrons. The van der Waals surface area contributed by atoms with Gasteiger partial charge in [0, 0.05) is 25.5 Å². The van der Waals surface area contributed by atoms with Crippen molar-refractivity contribution in [2.45, 2.75) is 32.2 Å². The normalized spacial score (nSPS) is 19.6. The summed E-state index contributed by atoms with van der Waals surface area (Å²) in [5, 5.41) is 0. The van der Waals surface area contributed by atoms with E-state index in [1.54, 1.807) is 0 Å². The van der Waals surface area contributed by atoms with Gasteiger partial charge in [-0.1, -0.05) is 6.07 Å². The van der Waals surface area contributed by atoms with E-state index in [-0.39, 0.29) is 6.04 Å². The predicted octanol–water partition coefficient (Wildman–Crippen LogP) is 2.21. The summed E-state index contributed by atoms with van der Waals surface area (Å²) in [6.45, 7) is 3.85. The fraction of sp³-hybridized carbons (Fsp3) is 0.615. The maximum Gasteiger partial charge on any atom is 0.0600 e. The third kappa shape index (κ3) is 2.80. The van der Waals surface area contributed by atoms with Crippen LogP contribution in [0.25, 0.3) is 0 Å². The van der Waals surface area contributed by atoms with Crippen molar-refractivity contribution in [3.8, 4) is 0 Å². The van der Waals surface area contributed by atoms with Crippen molar-refractivity contribution in [2.24, 2.45) is 11.7 Å². The lowest BCUT2D eigenvalue weighted by Gasteiger charge is -2.25. The Morgan fingerprint density at radius 2 is 2.25 bits per heavy atom. The molecule has 0 saturated carbocycles. The largest absolute Gasteiger partial charge is 0.381 e. The van der Waals surface area contributed by atoms with Crippen LogP contribution in [0.2, 0.25) is 0 Å². The molecule has 0 radical (unpaired) electrons. The summed E-state index contributed by atoms with van der Waals surface area (Å²) in [7, 11) is 0. The first kappa shape index (κ1) is 11.6. The first-order valence-corrected chi connectivity index (χ1v) is 6.02. The van der Waals surface area contributed by atoms with Crippen LogP contribution in [-0.4, -0.2) is 18.2 Å². The molecule has 0 aromatic carbocycles. The van der Waals surface area contributed by atoms with Gasteiger partial charge in [-0.2, -0.15) is 0 Å². The lowest BCUT2D eigenvalue weighted by Crippen LogP contribution is -2.22. The molecular formula is C13H20N2O. The van der Waals surface area contributed by atoms with E-state index >= 15 is 0 Å². The molecule has 3 nitrogen and oxygen atoms in total. The molecule has 1 aromatic heterocycles. The number of pyridine rings is 1. The topological polar surface area (TPSA) is 48.1 Å². The minimum atomic E-state index is 0.0734. The number of aryl methyl sites for hydroxylation is 1. The van der Waals surface area contributed by atoms with Crippen LogP contribution in [0.1, 0.15) is 36.6 Å². The standard InChI is InChI=1S/C13H20N2O/c1-10-3-2-6-15-13(10)12(14)9-11-4-7-16-8-5-11/h2-3,6,11-12H,4-5,7-9,14H2,1H3. The Labute approximate surface area is 97.0 Å². The quantitative estimate of drug-likeness (QED) is 0.849. The van der Waals surface area contributed by atoms with Crippen LogP contribution < -0.4 is 5.73 Å². The molecule has 0 amide bonds. The summed E-state index contributed by atoms with van der Waals surface area (Å²) in [5.74, 6) is 0.699. The van der Waals surface area contributed by atoms with Crippen LogP contribution in [0.4, 0.5) is 0 Å². The summed E-state index contributed by atoms with van der Waals surface area (Å²) in [6, 6.07) is 4.11. The van der Waals surface area contributed by atoms with Crippen LogP contribution in [0.15, 0.2) is 18.3 Å². The van der Waals surface area contributed by atoms with Gasteiger partial charge in [-0.15, -0.1) is 0 Å². The summed E-state index contributed by atoms with van der Waals surface area (Å²) < 4.78 is 5.35. The van der Waals surface area contributed by atoms with Crippen LogP contribution in [0.3, 0.4) is 0 Å². The molecule has 1 aliphatic rings. The molecule has 1 saturated heterocycles. The smallest absolute Gasteiger partial charge is 0.0600 e. The Bertz CT molecular complexity index is 334. The minimum absolute atomic E-state index is 0.0734. The molecule has 0 bridgehead atoms. The number of nitrogens with two attached hydrogens (primary N) is 1. The van der Waals surface area contributed by atoms with Crippen molar-refractivity contribution < 1.29 is 4.74 Å². The van der Waals surface area contributed by atoms with Gasteiger partial charge in [0.15, 0.2) is 0 Å². The van der Waals surface area contributed by atoms with Gasteiger partial charge in [0.05, 0.1) is 5.69 Å². The Balaban J connectivity index is 1.96. The van der Waals surface area contributed by atoms with E-state index in [0.717, 1.165) is 38.2 Å². The molecule has 2 N–H and O–H groups in total. The molecular weight excluding hydrogens is 200 g/mol. The SMILES string of the molecule is Cc1cccnc1C(N)CC1CCOCC1. The third-order valence-corrected chi connectivity index (χ3v) is 3.33. The van der Waals surface area contributed by atoms with E-state index in [0.29, 0.717) is 5.92 Å². The van der Waals surface area contributed by atoms with E-state index in [1.807, 2.05) is 12.3 Å². The van der Waals surface area contributed by atoms with Crippen molar-refractivity contribution in [3.05, 3.63) is 29.6 Å². The average molecular weight is 220 g/mol. The van der Waals surface area contributed by atoms with E-state index in [2.05, 4.69) is 18.0 Å². The van der Waals surface area contributed by atoms with Crippen molar-refractivity contribution >= 4 is 0 Å². The number of hydrogen-bond donors (Lipinski definition) is 1. The van der Waals surface area contributed by atoms with E-state index in [4.69, 9.17) is 10.5 Å². The van der Waals surface area contributed by atoms with Crippen molar-refractivity contribution in [1.29, 1.82) is 0 Å². The maximum absolute atomic E-state index is 6.22. The molecule has 1 aromatic rings. The van der Waals surface area contributed by atoms with Crippen molar-refractivity contribution in [2.75, 3.05) is 13.2 Å². The van der Waals surface area contributed by atoms with E-state index in [1.165, 1.54) is 5.56 Å². The highest BCUT2D eigenvalue weighted by Crippen LogP contribution is 2.26. The van der Waals surface area contributed by atoms with Crippen molar-refractivity contribution in [1.82, 2.24) is 4.98 Å². The second-order valence-electron chi connectivity index (χ2n) is 4.60. The van der Waals surface area contributed by atoms with Gasteiger partial charge in [-0.25, -0.2) is 0 Å². The highest BCUT2D eigenvalue weighted by atomic mass is 16.5. The van der Waals surface area contributed by atoms with E-state index in [9.17, 15) is 0 Å². The van der Waals surface area contributed by atoms with Gasteiger partial charge >= 0.3 is 0 Å². The molecule has 16 heavy (non-hydrogen) atoms. The second kappa shape index (κ2) is 5.41. The van der Waals surface area contributed by atoms with Gasteiger partial charge in [0.25, 0.3) is 0 Å². The van der Waals surface area contributed by atoms with Crippen LogP contribution in [0, 0.1) is 12.8 Å². The van der Waals surface area contributed by atoms with Crippen LogP contribution >= 0.6 is 0 Å². The first-order valence-electron chi connectivity index (χ1n) is 6.02. The summed E-state index contributed by atoms with van der Waals surface area (Å²) in [6.07, 6.45) is 5.13. The lowest BCUT2D eigenvalue weighted by atomic mass is 9.90. The van der Waals surface area contributed by atoms with Crippen LogP contribution in [-0.2, 0) is 4.74 Å². The van der Waals surface area contributed by atoms with Crippen molar-refractivity contribution in [3.63, 3.8) is 0 Å². The summed E-state index contributed by atoms with van der Waals surface area (Å²) >= 11 is 0. The molecule has 1 atom stereocenters. The second-order valence-corrected chi connectivity index (χ2v) is 4.60. The number of ether oxygens (including phenoxy) is 1. The zero-order chi connectivity index (χ0) is 11.4. The predicted molar refractivity (Wildman–Crippen MR) is 64.1 cm³/mol. The number of hydrogen-bond acceptors (Lipinski definition) is 3. The maximum atomic E-state index is 6.22. The molecule has 3 heteroatoms. The van der Waals surface area contributed by atoms with Gasteiger partial charge in [0.2, 0.25) is 0 Å². The average Bonchev–Trinajstić information content (AvgIpc) is 2.31. The molecule has 1 fully saturated rings. The number of nitrogens with zero attached hydrogens (tertiary/aromatic N) is 1. The van der Waals surface area contributed by atoms with Crippen LogP contribution in [0.5, 0.6) is 0 Å². The van der Waals surface area contributed by atoms with Gasteiger partial charge < -0.3 is 10.5 Å². The highest BCUT2D eigenvalue weighted by molar-refractivity contribution is 5.20. The summed E-state index contributed by atoms with van der Waals surface area (Å²) in [5.41, 5.74) is 8.47. The Kier molecular flexibility index (Phi) is 3.91. The Morgan fingerprint density at radius 3 is 2.94 bits per heavy atom. The first-order chi connectivity index (χ1) is 7.77. The number of rotatable bonds is 3. The van der Waals surface area contributed by atoms with Gasteiger partial charge in [0.1, 0.15) is 0 Å². The number of aromatic nitrogens is 1. The molecule has 0 aliphatic carbocycles. The summed E-state index contributed by atoms with van der Waals surface area (Å²) in [4.78, 5) is 4.39. The van der Waals surface area contributed by atoms with Gasteiger partial charge in [-0.05, 0) is 43.7 Å². The van der Waals surface area contributed by atoms with E-state index < -0.39 is 0 Å². The minimum Gasteiger partial charge on any atom is -0.381 e. The zero-order valence-corrected chi connectivity index (χ0v) is 9.86.